The second kappa shape index (κ2) is 9.75. The summed E-state index contributed by atoms with van der Waals surface area (Å²) < 4.78 is 5.36. The minimum absolute atomic E-state index is 0.105. The lowest BCUT2D eigenvalue weighted by molar-refractivity contribution is -0.112. The van der Waals surface area contributed by atoms with E-state index >= 15 is 0 Å². The molecule has 0 aromatic heterocycles. The van der Waals surface area contributed by atoms with Crippen LogP contribution >= 0.6 is 23.2 Å². The molecule has 0 saturated heterocycles. The Balaban J connectivity index is 1.74. The molecule has 5 nitrogen and oxygen atoms in total. The predicted octanol–water partition coefficient (Wildman–Crippen LogP) is 5.76. The van der Waals surface area contributed by atoms with Gasteiger partial charge in [0.25, 0.3) is 5.91 Å². The van der Waals surface area contributed by atoms with Gasteiger partial charge in [-0.2, -0.15) is 5.26 Å². The van der Waals surface area contributed by atoms with Crippen LogP contribution in [0, 0.1) is 11.3 Å². The molecule has 0 aliphatic rings. The Labute approximate surface area is 183 Å². The number of benzene rings is 3. The van der Waals surface area contributed by atoms with Gasteiger partial charge in [0.15, 0.2) is 0 Å². The van der Waals surface area contributed by atoms with Crippen molar-refractivity contribution >= 4 is 46.8 Å². The van der Waals surface area contributed by atoms with E-state index in [0.717, 1.165) is 0 Å². The van der Waals surface area contributed by atoms with Gasteiger partial charge < -0.3 is 10.1 Å². The van der Waals surface area contributed by atoms with Gasteiger partial charge in [0.05, 0.1) is 5.56 Å². The van der Waals surface area contributed by atoms with Gasteiger partial charge in [0.2, 0.25) is 0 Å². The molecule has 7 heteroatoms. The second-order valence-electron chi connectivity index (χ2n) is 6.10. The van der Waals surface area contributed by atoms with E-state index in [1.165, 1.54) is 6.08 Å². The van der Waals surface area contributed by atoms with E-state index in [9.17, 15) is 14.9 Å². The molecule has 3 aromatic carbocycles. The summed E-state index contributed by atoms with van der Waals surface area (Å²) in [5.41, 5.74) is 1.28. The average molecular weight is 437 g/mol. The molecule has 0 bridgehead atoms. The standard InChI is InChI=1S/C23H14Cl2N2O3/c24-18-6-4-16(5-7-18)23(29)30-21-3-1-2-15(13-21)12-17(14-26)22(28)27-20-10-8-19(25)9-11-20/h1-13H,(H,27,28)/b17-12+. The number of rotatable bonds is 5. The molecule has 0 heterocycles. The van der Waals surface area contributed by atoms with Crippen molar-refractivity contribution in [1.82, 2.24) is 0 Å². The maximum atomic E-state index is 12.4. The van der Waals surface area contributed by atoms with Crippen molar-refractivity contribution in [3.63, 3.8) is 0 Å². The normalized spacial score (nSPS) is 10.8. The van der Waals surface area contributed by atoms with Crippen LogP contribution in [0.4, 0.5) is 5.69 Å². The fourth-order valence-corrected chi connectivity index (χ4v) is 2.72. The highest BCUT2D eigenvalue weighted by molar-refractivity contribution is 6.31. The third kappa shape index (κ3) is 5.71. The number of hydrogen-bond donors (Lipinski definition) is 1. The summed E-state index contributed by atoms with van der Waals surface area (Å²) in [7, 11) is 0. The molecule has 0 radical (unpaired) electrons. The monoisotopic (exact) mass is 436 g/mol. The number of anilines is 1. The van der Waals surface area contributed by atoms with E-state index in [-0.39, 0.29) is 11.3 Å². The van der Waals surface area contributed by atoms with Crippen molar-refractivity contribution in [3.8, 4) is 11.8 Å². The van der Waals surface area contributed by atoms with Crippen LogP contribution in [0.1, 0.15) is 15.9 Å². The fourth-order valence-electron chi connectivity index (χ4n) is 2.47. The highest BCUT2D eigenvalue weighted by Gasteiger charge is 2.11. The van der Waals surface area contributed by atoms with Gasteiger partial charge in [-0.3, -0.25) is 4.79 Å². The van der Waals surface area contributed by atoms with E-state index in [0.29, 0.717) is 26.9 Å². The zero-order valence-corrected chi connectivity index (χ0v) is 16.9. The van der Waals surface area contributed by atoms with Gasteiger partial charge in [0.1, 0.15) is 17.4 Å². The molecule has 0 unspecified atom stereocenters. The van der Waals surface area contributed by atoms with Crippen molar-refractivity contribution in [2.45, 2.75) is 0 Å². The van der Waals surface area contributed by atoms with Crippen LogP contribution in [-0.2, 0) is 4.79 Å². The lowest BCUT2D eigenvalue weighted by Gasteiger charge is -2.06. The van der Waals surface area contributed by atoms with Crippen molar-refractivity contribution in [3.05, 3.63) is 99.5 Å². The Bertz CT molecular complexity index is 1150. The molecule has 3 rings (SSSR count). The van der Waals surface area contributed by atoms with Gasteiger partial charge in [-0.1, -0.05) is 35.3 Å². The lowest BCUT2D eigenvalue weighted by atomic mass is 10.1. The quantitative estimate of drug-likeness (QED) is 0.238. The molecule has 148 valence electrons. The molecule has 1 N–H and O–H groups in total. The second-order valence-corrected chi connectivity index (χ2v) is 6.97. The van der Waals surface area contributed by atoms with E-state index in [2.05, 4.69) is 5.32 Å². The maximum absolute atomic E-state index is 12.4. The van der Waals surface area contributed by atoms with E-state index < -0.39 is 11.9 Å². The Morgan fingerprint density at radius 1 is 0.933 bits per heavy atom. The molecule has 0 atom stereocenters. The van der Waals surface area contributed by atoms with Gasteiger partial charge >= 0.3 is 5.97 Å². The number of esters is 1. The van der Waals surface area contributed by atoms with E-state index in [1.807, 2.05) is 6.07 Å². The molecule has 0 aliphatic heterocycles. The molecule has 0 spiro atoms. The minimum Gasteiger partial charge on any atom is -0.423 e. The zero-order chi connectivity index (χ0) is 21.5. The number of carbonyl (C=O) groups is 2. The van der Waals surface area contributed by atoms with Gasteiger partial charge in [-0.25, -0.2) is 4.79 Å². The molecular formula is C23H14Cl2N2O3. The molecule has 0 aliphatic carbocycles. The SMILES string of the molecule is N#C/C(=C\c1cccc(OC(=O)c2ccc(Cl)cc2)c1)C(=O)Nc1ccc(Cl)cc1. The zero-order valence-electron chi connectivity index (χ0n) is 15.4. The van der Waals surface area contributed by atoms with Crippen molar-refractivity contribution < 1.29 is 14.3 Å². The van der Waals surface area contributed by atoms with Crippen LogP contribution in [0.3, 0.4) is 0 Å². The minimum atomic E-state index is -0.566. The number of nitriles is 1. The van der Waals surface area contributed by atoms with Crippen LogP contribution in [0.15, 0.2) is 78.4 Å². The molecule has 30 heavy (non-hydrogen) atoms. The first kappa shape index (κ1) is 21.1. The van der Waals surface area contributed by atoms with Gasteiger partial charge in [-0.15, -0.1) is 0 Å². The largest absolute Gasteiger partial charge is 0.423 e. The third-order valence-electron chi connectivity index (χ3n) is 3.93. The predicted molar refractivity (Wildman–Crippen MR) is 117 cm³/mol. The average Bonchev–Trinajstić information content (AvgIpc) is 2.74. The number of hydrogen-bond acceptors (Lipinski definition) is 4. The maximum Gasteiger partial charge on any atom is 0.343 e. The summed E-state index contributed by atoms with van der Waals surface area (Å²) in [6.07, 6.45) is 1.41. The summed E-state index contributed by atoms with van der Waals surface area (Å²) in [6.45, 7) is 0. The van der Waals surface area contributed by atoms with Crippen LogP contribution in [0.5, 0.6) is 5.75 Å². The topological polar surface area (TPSA) is 79.2 Å². The Kier molecular flexibility index (Phi) is 6.87. The van der Waals surface area contributed by atoms with Crippen LogP contribution in [-0.4, -0.2) is 11.9 Å². The van der Waals surface area contributed by atoms with Crippen LogP contribution < -0.4 is 10.1 Å². The first-order valence-corrected chi connectivity index (χ1v) is 9.47. The van der Waals surface area contributed by atoms with Crippen molar-refractivity contribution in [2.75, 3.05) is 5.32 Å². The molecule has 0 saturated carbocycles. The highest BCUT2D eigenvalue weighted by atomic mass is 35.5. The number of ether oxygens (including phenoxy) is 1. The molecule has 1 amide bonds. The number of halogens is 2. The third-order valence-corrected chi connectivity index (χ3v) is 4.43. The highest BCUT2D eigenvalue weighted by Crippen LogP contribution is 2.19. The summed E-state index contributed by atoms with van der Waals surface area (Å²) in [5, 5.41) is 13.0. The van der Waals surface area contributed by atoms with E-state index in [1.54, 1.807) is 72.8 Å². The first-order chi connectivity index (χ1) is 14.4. The Morgan fingerprint density at radius 3 is 2.20 bits per heavy atom. The molecule has 0 fully saturated rings. The number of carbonyl (C=O) groups excluding carboxylic acids is 2. The van der Waals surface area contributed by atoms with Gasteiger partial charge in [-0.05, 0) is 72.3 Å². The Hall–Kier alpha value is -3.59. The molecule has 3 aromatic rings. The first-order valence-electron chi connectivity index (χ1n) is 8.71. The van der Waals surface area contributed by atoms with Crippen molar-refractivity contribution in [1.29, 1.82) is 5.26 Å². The molecular weight excluding hydrogens is 423 g/mol. The summed E-state index contributed by atoms with van der Waals surface area (Å²) in [6, 6.07) is 21.2. The Morgan fingerprint density at radius 2 is 1.57 bits per heavy atom. The van der Waals surface area contributed by atoms with Crippen LogP contribution in [0.25, 0.3) is 6.08 Å². The van der Waals surface area contributed by atoms with Crippen LogP contribution in [0.2, 0.25) is 10.0 Å². The van der Waals surface area contributed by atoms with Gasteiger partial charge in [0, 0.05) is 15.7 Å². The lowest BCUT2D eigenvalue weighted by Crippen LogP contribution is -2.13. The summed E-state index contributed by atoms with van der Waals surface area (Å²) in [4.78, 5) is 24.6. The summed E-state index contributed by atoms with van der Waals surface area (Å²) >= 11 is 11.6. The smallest absolute Gasteiger partial charge is 0.343 e. The number of nitrogens with zero attached hydrogens (tertiary/aromatic N) is 1. The summed E-state index contributed by atoms with van der Waals surface area (Å²) in [5.74, 6) is -0.837. The number of amides is 1. The fraction of sp³-hybridized carbons (Fsp3) is 0. The van der Waals surface area contributed by atoms with Crippen molar-refractivity contribution in [2.24, 2.45) is 0 Å². The van der Waals surface area contributed by atoms with E-state index in [4.69, 9.17) is 27.9 Å². The number of nitrogens with one attached hydrogen (secondary N) is 1.